The normalized spacial score (nSPS) is 17.1. The van der Waals surface area contributed by atoms with Crippen molar-refractivity contribution in [1.29, 1.82) is 0 Å². The molecule has 1 atom stereocenters. The number of anilines is 1. The van der Waals surface area contributed by atoms with Gasteiger partial charge in [-0.1, -0.05) is 30.3 Å². The number of ether oxygens (including phenoxy) is 1. The number of aliphatic imine (C=N–C) groups is 1. The quantitative estimate of drug-likeness (QED) is 0.431. The Balaban J connectivity index is 1.27. The lowest BCUT2D eigenvalue weighted by atomic mass is 10.0. The minimum absolute atomic E-state index is 0.00100. The second kappa shape index (κ2) is 10.3. The molecule has 1 fully saturated rings. The number of aromatic amines is 1. The molecule has 1 amide bonds. The van der Waals surface area contributed by atoms with Gasteiger partial charge in [0.1, 0.15) is 11.9 Å². The molecule has 3 aromatic rings. The molecule has 2 N–H and O–H groups in total. The molecule has 0 radical (unpaired) electrons. The Morgan fingerprint density at radius 2 is 1.97 bits per heavy atom. The van der Waals surface area contributed by atoms with E-state index in [1.165, 1.54) is 12.1 Å². The van der Waals surface area contributed by atoms with Crippen LogP contribution in [0.2, 0.25) is 0 Å². The van der Waals surface area contributed by atoms with Crippen molar-refractivity contribution in [2.45, 2.75) is 32.0 Å². The second-order valence-corrected chi connectivity index (χ2v) is 8.53. The number of carbonyl (C=O) groups excluding carboxylic acids is 1. The number of H-pyrrole nitrogens is 1. The number of carbonyl (C=O) groups is 1. The van der Waals surface area contributed by atoms with Crippen LogP contribution in [0.3, 0.4) is 0 Å². The minimum atomic E-state index is -1.36. The first kappa shape index (κ1) is 23.7. The molecular weight excluding hydrogens is 473 g/mol. The molecule has 2 aliphatic rings. The third kappa shape index (κ3) is 5.01. The highest BCUT2D eigenvalue weighted by atomic mass is 19.2. The minimum Gasteiger partial charge on any atom is -0.444 e. The van der Waals surface area contributed by atoms with Crippen molar-refractivity contribution in [2.24, 2.45) is 4.99 Å². The molecule has 2 aromatic carbocycles. The van der Waals surface area contributed by atoms with E-state index in [2.05, 4.69) is 25.7 Å². The van der Waals surface area contributed by atoms with Crippen LogP contribution in [-0.4, -0.2) is 46.4 Å². The lowest BCUT2D eigenvalue weighted by molar-refractivity contribution is 0.138. The van der Waals surface area contributed by atoms with Crippen molar-refractivity contribution >= 4 is 17.5 Å². The summed E-state index contributed by atoms with van der Waals surface area (Å²) in [6.45, 7) is 1.62. The first-order chi connectivity index (χ1) is 17.5. The van der Waals surface area contributed by atoms with Crippen LogP contribution in [0.25, 0.3) is 11.1 Å². The molecule has 3 heterocycles. The fourth-order valence-electron chi connectivity index (χ4n) is 4.23. The van der Waals surface area contributed by atoms with Crippen LogP contribution in [0, 0.1) is 17.5 Å². The standard InChI is InChI=1S/C25H23F3N6O2/c26-20-10-21(34-14-19(36-25(34)35)8-7-17-2-1-9-30-17)23(27)24(28)22(20)16-5-3-15(4-6-16)11-29-12-18-13-31-33-32-18/h1-6,10,13,19,29H,7-9,11-12,14H2,(H,31,32,33)/t19-/m0/s1. The Kier molecular flexibility index (Phi) is 6.81. The number of nitrogens with zero attached hydrogens (tertiary/aromatic N) is 4. The average molecular weight is 496 g/mol. The van der Waals surface area contributed by atoms with Crippen LogP contribution >= 0.6 is 0 Å². The van der Waals surface area contributed by atoms with E-state index in [0.717, 1.165) is 27.9 Å². The number of hydrogen-bond acceptors (Lipinski definition) is 6. The zero-order valence-corrected chi connectivity index (χ0v) is 19.2. The number of allylic oxidation sites excluding steroid dienone is 1. The molecule has 0 spiro atoms. The predicted molar refractivity (Wildman–Crippen MR) is 127 cm³/mol. The summed E-state index contributed by atoms with van der Waals surface area (Å²) in [5.74, 6) is -3.63. The third-order valence-electron chi connectivity index (χ3n) is 6.08. The topological polar surface area (TPSA) is 95.5 Å². The number of amides is 1. The Morgan fingerprint density at radius 3 is 2.69 bits per heavy atom. The van der Waals surface area contributed by atoms with E-state index in [9.17, 15) is 4.79 Å². The van der Waals surface area contributed by atoms with Gasteiger partial charge in [-0.05, 0) is 30.0 Å². The summed E-state index contributed by atoms with van der Waals surface area (Å²) in [7, 11) is 0. The summed E-state index contributed by atoms with van der Waals surface area (Å²) in [6, 6.07) is 7.28. The van der Waals surface area contributed by atoms with Gasteiger partial charge in [0.2, 0.25) is 0 Å². The van der Waals surface area contributed by atoms with Gasteiger partial charge in [-0.25, -0.2) is 18.0 Å². The molecule has 5 rings (SSSR count). The zero-order valence-electron chi connectivity index (χ0n) is 19.2. The summed E-state index contributed by atoms with van der Waals surface area (Å²) in [5, 5.41) is 13.4. The second-order valence-electron chi connectivity index (χ2n) is 8.53. The average Bonchev–Trinajstić information content (AvgIpc) is 3.64. The first-order valence-electron chi connectivity index (χ1n) is 11.5. The van der Waals surface area contributed by atoms with Crippen molar-refractivity contribution < 1.29 is 22.7 Å². The summed E-state index contributed by atoms with van der Waals surface area (Å²) < 4.78 is 50.4. The van der Waals surface area contributed by atoms with Crippen LogP contribution in [0.1, 0.15) is 24.1 Å². The largest absolute Gasteiger partial charge is 0.444 e. The number of benzene rings is 2. The summed E-state index contributed by atoms with van der Waals surface area (Å²) in [4.78, 5) is 17.6. The van der Waals surface area contributed by atoms with E-state index < -0.39 is 40.9 Å². The maximum absolute atomic E-state index is 15.1. The van der Waals surface area contributed by atoms with Crippen LogP contribution in [0.15, 0.2) is 53.7 Å². The van der Waals surface area contributed by atoms with Gasteiger partial charge in [-0.2, -0.15) is 15.4 Å². The molecule has 36 heavy (non-hydrogen) atoms. The highest BCUT2D eigenvalue weighted by molar-refractivity contribution is 5.96. The van der Waals surface area contributed by atoms with Crippen LogP contribution in [0.5, 0.6) is 0 Å². The molecule has 0 unspecified atom stereocenters. The van der Waals surface area contributed by atoms with Crippen LogP contribution < -0.4 is 10.2 Å². The zero-order chi connectivity index (χ0) is 25.1. The highest BCUT2D eigenvalue weighted by Gasteiger charge is 2.35. The summed E-state index contributed by atoms with van der Waals surface area (Å²) in [6.07, 6.45) is 5.15. The molecule has 0 bridgehead atoms. The third-order valence-corrected chi connectivity index (χ3v) is 6.08. The Bertz CT molecular complexity index is 1310. The number of rotatable bonds is 9. The Hall–Kier alpha value is -3.99. The van der Waals surface area contributed by atoms with Crippen LogP contribution in [-0.2, 0) is 17.8 Å². The van der Waals surface area contributed by atoms with Gasteiger partial charge in [0.05, 0.1) is 36.2 Å². The Morgan fingerprint density at radius 1 is 1.14 bits per heavy atom. The molecular formula is C25H23F3N6O2. The number of hydrogen-bond donors (Lipinski definition) is 2. The van der Waals surface area contributed by atoms with Gasteiger partial charge in [-0.15, -0.1) is 0 Å². The van der Waals surface area contributed by atoms with Gasteiger partial charge >= 0.3 is 6.09 Å². The summed E-state index contributed by atoms with van der Waals surface area (Å²) >= 11 is 0. The number of cyclic esters (lactones) is 1. The van der Waals surface area contributed by atoms with E-state index in [1.54, 1.807) is 18.3 Å². The molecule has 8 nitrogen and oxygen atoms in total. The maximum Gasteiger partial charge on any atom is 0.414 e. The van der Waals surface area contributed by atoms with E-state index in [1.807, 2.05) is 12.2 Å². The lowest BCUT2D eigenvalue weighted by Crippen LogP contribution is -2.26. The molecule has 1 aromatic heterocycles. The first-order valence-corrected chi connectivity index (χ1v) is 11.5. The van der Waals surface area contributed by atoms with E-state index in [-0.39, 0.29) is 12.1 Å². The molecule has 11 heteroatoms. The van der Waals surface area contributed by atoms with Crippen molar-refractivity contribution in [3.63, 3.8) is 0 Å². The summed E-state index contributed by atoms with van der Waals surface area (Å²) in [5.41, 5.74) is 1.73. The SMILES string of the molecule is O=C1O[C@@H](CCC2=NCC=C2)CN1c1cc(F)c(-c2ccc(CNCc3cn[nH]n3)cc2)c(F)c1F. The van der Waals surface area contributed by atoms with Crippen molar-refractivity contribution in [3.05, 3.63) is 77.4 Å². The molecule has 0 saturated carbocycles. The predicted octanol–water partition coefficient (Wildman–Crippen LogP) is 4.30. The van der Waals surface area contributed by atoms with Gasteiger partial charge in [0.25, 0.3) is 0 Å². The van der Waals surface area contributed by atoms with Crippen molar-refractivity contribution in [3.8, 4) is 11.1 Å². The fourth-order valence-corrected chi connectivity index (χ4v) is 4.23. The number of nitrogens with one attached hydrogen (secondary N) is 2. The van der Waals surface area contributed by atoms with E-state index >= 15 is 13.2 Å². The molecule has 1 saturated heterocycles. The highest BCUT2D eigenvalue weighted by Crippen LogP contribution is 2.35. The van der Waals surface area contributed by atoms with Gasteiger partial charge in [0.15, 0.2) is 11.6 Å². The Labute approximate surface area is 204 Å². The molecule has 186 valence electrons. The monoisotopic (exact) mass is 496 g/mol. The van der Waals surface area contributed by atoms with Crippen LogP contribution in [0.4, 0.5) is 23.7 Å². The fraction of sp³-hybridized carbons (Fsp3) is 0.280. The molecule has 2 aliphatic heterocycles. The van der Waals surface area contributed by atoms with E-state index in [4.69, 9.17) is 4.74 Å². The molecule has 0 aliphatic carbocycles. The smallest absolute Gasteiger partial charge is 0.414 e. The number of aromatic nitrogens is 3. The van der Waals surface area contributed by atoms with Gasteiger partial charge < -0.3 is 10.1 Å². The van der Waals surface area contributed by atoms with E-state index in [0.29, 0.717) is 32.5 Å². The van der Waals surface area contributed by atoms with Gasteiger partial charge in [0, 0.05) is 24.9 Å². The van der Waals surface area contributed by atoms with Crippen molar-refractivity contribution in [2.75, 3.05) is 18.0 Å². The van der Waals surface area contributed by atoms with Crippen molar-refractivity contribution in [1.82, 2.24) is 20.7 Å². The lowest BCUT2D eigenvalue weighted by Gasteiger charge is -2.17. The maximum atomic E-state index is 15.1. The number of halogens is 3. The van der Waals surface area contributed by atoms with Gasteiger partial charge in [-0.3, -0.25) is 9.89 Å².